The normalized spacial score (nSPS) is 12.1. The van der Waals surface area contributed by atoms with E-state index in [0.717, 1.165) is 87.7 Å². The number of furan rings is 2. The predicted octanol–water partition coefficient (Wildman–Crippen LogP) is 23.0. The summed E-state index contributed by atoms with van der Waals surface area (Å²) < 4.78 is 14.2. The molecule has 0 spiro atoms. The molecule has 0 fully saturated rings. The van der Waals surface area contributed by atoms with Crippen LogP contribution in [0.1, 0.15) is 0 Å². The molecule has 16 aromatic carbocycles. The Morgan fingerprint density at radius 2 is 0.512 bits per heavy atom. The molecule has 82 heavy (non-hydrogen) atoms. The predicted molar refractivity (Wildman–Crippen MR) is 348 cm³/mol. The third-order valence-corrected chi connectivity index (χ3v) is 17.8. The van der Waals surface area contributed by atoms with E-state index < -0.39 is 0 Å². The molecule has 0 saturated heterocycles. The Morgan fingerprint density at radius 1 is 0.183 bits per heavy atom. The van der Waals surface area contributed by atoms with Gasteiger partial charge in [-0.3, -0.25) is 0 Å². The molecule has 2 nitrogen and oxygen atoms in total. The van der Waals surface area contributed by atoms with Gasteiger partial charge in [-0.25, -0.2) is 0 Å². The van der Waals surface area contributed by atoms with Gasteiger partial charge in [0.25, 0.3) is 0 Å². The Hall–Kier alpha value is -10.8. The van der Waals surface area contributed by atoms with Crippen LogP contribution in [0.15, 0.2) is 288 Å². The van der Waals surface area contributed by atoms with Gasteiger partial charge in [-0.2, -0.15) is 0 Å². The molecule has 0 radical (unpaired) electrons. The van der Waals surface area contributed by atoms with Gasteiger partial charge in [0.1, 0.15) is 22.3 Å². The monoisotopic (exact) mass is 1040 g/mol. The second-order valence-corrected chi connectivity index (χ2v) is 22.1. The highest BCUT2D eigenvalue weighted by molar-refractivity contribution is 6.31. The van der Waals surface area contributed by atoms with E-state index in [0.29, 0.717) is 0 Å². The lowest BCUT2D eigenvalue weighted by molar-refractivity contribution is 0.670. The van der Waals surface area contributed by atoms with Crippen LogP contribution in [0, 0.1) is 0 Å². The van der Waals surface area contributed by atoms with Gasteiger partial charge < -0.3 is 8.83 Å². The third-order valence-electron chi connectivity index (χ3n) is 17.8. The summed E-state index contributed by atoms with van der Waals surface area (Å²) >= 11 is 0. The number of benzene rings is 16. The van der Waals surface area contributed by atoms with E-state index in [2.05, 4.69) is 279 Å². The number of para-hydroxylation sites is 2. The van der Waals surface area contributed by atoms with Crippen molar-refractivity contribution in [3.8, 4) is 55.6 Å². The van der Waals surface area contributed by atoms with Crippen LogP contribution in [0.2, 0.25) is 0 Å². The van der Waals surface area contributed by atoms with Crippen molar-refractivity contribution < 1.29 is 8.83 Å². The number of hydrogen-bond acceptors (Lipinski definition) is 2. The average Bonchev–Trinajstić information content (AvgIpc) is 3.19. The Labute approximate surface area is 470 Å². The molecule has 2 heteroatoms. The number of rotatable bonds is 5. The molecular formula is C80H46O2. The summed E-state index contributed by atoms with van der Waals surface area (Å²) in [6, 6.07) is 103. The fourth-order valence-electron chi connectivity index (χ4n) is 14.1. The number of hydrogen-bond donors (Lipinski definition) is 0. The highest BCUT2D eigenvalue weighted by atomic mass is 16.3. The quantitative estimate of drug-likeness (QED) is 0.161. The zero-order valence-corrected chi connectivity index (χ0v) is 44.4. The second-order valence-electron chi connectivity index (χ2n) is 22.1. The molecule has 18 rings (SSSR count). The Kier molecular flexibility index (Phi) is 9.54. The van der Waals surface area contributed by atoms with Gasteiger partial charge in [-0.1, -0.05) is 231 Å². The van der Waals surface area contributed by atoms with Crippen LogP contribution in [0.3, 0.4) is 0 Å². The maximum absolute atomic E-state index is 7.08. The van der Waals surface area contributed by atoms with Gasteiger partial charge in [0.15, 0.2) is 0 Å². The van der Waals surface area contributed by atoms with Crippen molar-refractivity contribution in [3.63, 3.8) is 0 Å². The van der Waals surface area contributed by atoms with Gasteiger partial charge in [0.2, 0.25) is 0 Å². The third kappa shape index (κ3) is 6.58. The molecule has 0 atom stereocenters. The highest BCUT2D eigenvalue weighted by Gasteiger charge is 2.26. The van der Waals surface area contributed by atoms with Crippen molar-refractivity contribution in [1.82, 2.24) is 0 Å². The first-order valence-electron chi connectivity index (χ1n) is 28.3. The summed E-state index contributed by atoms with van der Waals surface area (Å²) in [4.78, 5) is 0. The molecule has 0 unspecified atom stereocenters. The lowest BCUT2D eigenvalue weighted by atomic mass is 9.81. The summed E-state index contributed by atoms with van der Waals surface area (Å²) in [6.45, 7) is 0. The molecule has 0 bridgehead atoms. The molecule has 0 aliphatic rings. The van der Waals surface area contributed by atoms with Gasteiger partial charge >= 0.3 is 0 Å². The van der Waals surface area contributed by atoms with Crippen LogP contribution < -0.4 is 0 Å². The van der Waals surface area contributed by atoms with E-state index in [1.807, 2.05) is 0 Å². The molecule has 0 saturated carbocycles. The van der Waals surface area contributed by atoms with Crippen molar-refractivity contribution in [2.45, 2.75) is 0 Å². The van der Waals surface area contributed by atoms with Crippen molar-refractivity contribution in [2.75, 3.05) is 0 Å². The minimum absolute atomic E-state index is 0.876. The molecule has 0 N–H and O–H groups in total. The number of fused-ring (bicyclic) bond motifs is 16. The van der Waals surface area contributed by atoms with Crippen molar-refractivity contribution in [3.05, 3.63) is 279 Å². The van der Waals surface area contributed by atoms with Crippen LogP contribution in [0.5, 0.6) is 0 Å². The Bertz CT molecular complexity index is 5420. The summed E-state index contributed by atoms with van der Waals surface area (Å²) in [5, 5.41) is 23.4. The van der Waals surface area contributed by atoms with Gasteiger partial charge in [-0.05, 0) is 179 Å². The molecular weight excluding hydrogens is 993 g/mol. The first-order chi connectivity index (χ1) is 40.7. The molecule has 2 heterocycles. The maximum Gasteiger partial charge on any atom is 0.143 e. The minimum atomic E-state index is 0.876. The molecule has 0 aliphatic heterocycles. The topological polar surface area (TPSA) is 26.3 Å². The lowest BCUT2D eigenvalue weighted by Crippen LogP contribution is -1.95. The second kappa shape index (κ2) is 17.3. The molecule has 0 amide bonds. The van der Waals surface area contributed by atoms with Crippen molar-refractivity contribution in [1.29, 1.82) is 0 Å². The van der Waals surface area contributed by atoms with E-state index in [-0.39, 0.29) is 0 Å². The van der Waals surface area contributed by atoms with E-state index in [9.17, 15) is 0 Å². The van der Waals surface area contributed by atoms with E-state index in [1.165, 1.54) is 98.0 Å². The molecule has 0 aliphatic carbocycles. The fourth-order valence-corrected chi connectivity index (χ4v) is 14.1. The standard InChI is InChI=1S/C80H46O2/c1-3-19-49-41-53(39-37-47(49)17-1)55-27-13-31-61-67(55)45-68-56(54-40-38-48-18-2-4-20-50(48)42-54)28-14-32-62(68)75(61)76-63-33-15-29-59(71-43-51-21-5-7-23-57(51)77-65-25-9-11-35-73(65)81-79(71)77)69(63)46-70-60(30-16-34-64(70)76)72-44-52-22-6-8-24-58(52)78-66-26-10-12-36-74(66)82-80(72)78/h1-46H. The minimum Gasteiger partial charge on any atom is -0.455 e. The summed E-state index contributed by atoms with van der Waals surface area (Å²) in [6.07, 6.45) is 0. The molecule has 378 valence electrons. The lowest BCUT2D eigenvalue weighted by Gasteiger charge is -2.22. The summed E-state index contributed by atoms with van der Waals surface area (Å²) in [5.41, 5.74) is 15.0. The fraction of sp³-hybridized carbons (Fsp3) is 0. The van der Waals surface area contributed by atoms with Crippen molar-refractivity contribution >= 4 is 130 Å². The van der Waals surface area contributed by atoms with Crippen LogP contribution >= 0.6 is 0 Å². The Balaban J connectivity index is 1.03. The molecule has 18 aromatic rings. The van der Waals surface area contributed by atoms with Crippen LogP contribution in [0.25, 0.3) is 186 Å². The van der Waals surface area contributed by atoms with E-state index in [4.69, 9.17) is 8.83 Å². The van der Waals surface area contributed by atoms with Gasteiger partial charge in [0.05, 0.1) is 0 Å². The maximum atomic E-state index is 7.08. The molecule has 2 aromatic heterocycles. The van der Waals surface area contributed by atoms with Crippen molar-refractivity contribution in [2.24, 2.45) is 0 Å². The van der Waals surface area contributed by atoms with Crippen LogP contribution in [-0.2, 0) is 0 Å². The van der Waals surface area contributed by atoms with E-state index >= 15 is 0 Å². The van der Waals surface area contributed by atoms with E-state index in [1.54, 1.807) is 0 Å². The largest absolute Gasteiger partial charge is 0.455 e. The van der Waals surface area contributed by atoms with Gasteiger partial charge in [-0.15, -0.1) is 0 Å². The zero-order chi connectivity index (χ0) is 53.6. The zero-order valence-electron chi connectivity index (χ0n) is 44.4. The van der Waals surface area contributed by atoms with Gasteiger partial charge in [0, 0.05) is 32.7 Å². The van der Waals surface area contributed by atoms with Crippen LogP contribution in [0.4, 0.5) is 0 Å². The van der Waals surface area contributed by atoms with Crippen LogP contribution in [-0.4, -0.2) is 0 Å². The highest BCUT2D eigenvalue weighted by Crippen LogP contribution is 2.52. The summed E-state index contributed by atoms with van der Waals surface area (Å²) in [7, 11) is 0. The Morgan fingerprint density at radius 3 is 0.939 bits per heavy atom. The first kappa shape index (κ1) is 45.1. The SMILES string of the molecule is c1ccc2cc(-c3cccc4c(-c5c6cccc(-c7cc8ccccc8c8c7oc7ccccc78)c6cc6c(-c7cc8ccccc8c8c7oc7ccccc78)cccc56)c5cccc(-c6ccc7ccccc7c6)c5cc34)ccc2c1. The summed E-state index contributed by atoms with van der Waals surface area (Å²) in [5.74, 6) is 0. The smallest absolute Gasteiger partial charge is 0.143 e. The average molecular weight is 1040 g/mol. The first-order valence-corrected chi connectivity index (χ1v) is 28.3.